The molecule has 35 heavy (non-hydrogen) atoms. The van der Waals surface area contributed by atoms with Crippen LogP contribution < -0.4 is 16.0 Å². The number of amides is 2. The van der Waals surface area contributed by atoms with Gasteiger partial charge in [0.2, 0.25) is 11.8 Å². The smallest absolute Gasteiger partial charge is 0.248 e. The maximum absolute atomic E-state index is 13.6. The topological polar surface area (TPSA) is 102 Å². The first-order valence-electron chi connectivity index (χ1n) is 11.7. The minimum absolute atomic E-state index is 0.128. The summed E-state index contributed by atoms with van der Waals surface area (Å²) in [6.07, 6.45) is 0.482. The molecule has 3 heterocycles. The van der Waals surface area contributed by atoms with E-state index < -0.39 is 11.9 Å². The Balaban J connectivity index is 1.56. The van der Waals surface area contributed by atoms with Crippen molar-refractivity contribution in [3.05, 3.63) is 77.9 Å². The predicted molar refractivity (Wildman–Crippen MR) is 135 cm³/mol. The SMILES string of the molecule is NC(=O)c1ccc2nc3n(c2c1)C(Cc1ccccc1)C(=O)Nc1ccc(N2CCOCC2)cc1-3. The van der Waals surface area contributed by atoms with Crippen molar-refractivity contribution >= 4 is 34.2 Å². The molecule has 3 aromatic carbocycles. The summed E-state index contributed by atoms with van der Waals surface area (Å²) in [7, 11) is 0. The highest BCUT2D eigenvalue weighted by Crippen LogP contribution is 2.39. The van der Waals surface area contributed by atoms with Crippen LogP contribution in [0.3, 0.4) is 0 Å². The molecule has 2 aliphatic rings. The zero-order valence-corrected chi connectivity index (χ0v) is 19.1. The summed E-state index contributed by atoms with van der Waals surface area (Å²) in [4.78, 5) is 32.8. The first-order chi connectivity index (χ1) is 17.1. The van der Waals surface area contributed by atoms with Crippen LogP contribution in [0.25, 0.3) is 22.4 Å². The molecule has 1 fully saturated rings. The molecule has 1 unspecified atom stereocenters. The number of benzene rings is 3. The number of primary amides is 1. The molecule has 1 saturated heterocycles. The van der Waals surface area contributed by atoms with E-state index in [4.69, 9.17) is 15.5 Å². The lowest BCUT2D eigenvalue weighted by molar-refractivity contribution is -0.119. The normalized spacial score (nSPS) is 17.4. The number of hydrogen-bond acceptors (Lipinski definition) is 5. The largest absolute Gasteiger partial charge is 0.378 e. The Morgan fingerprint density at radius 1 is 1.06 bits per heavy atom. The van der Waals surface area contributed by atoms with E-state index in [1.54, 1.807) is 18.2 Å². The van der Waals surface area contributed by atoms with Crippen LogP contribution in [0.2, 0.25) is 0 Å². The van der Waals surface area contributed by atoms with Crippen LogP contribution in [-0.2, 0) is 16.0 Å². The second-order valence-electron chi connectivity index (χ2n) is 8.90. The molecule has 8 nitrogen and oxygen atoms in total. The van der Waals surface area contributed by atoms with Crippen molar-refractivity contribution in [1.82, 2.24) is 9.55 Å². The molecule has 4 aromatic rings. The van der Waals surface area contributed by atoms with Gasteiger partial charge in [-0.25, -0.2) is 4.98 Å². The Morgan fingerprint density at radius 3 is 2.63 bits per heavy atom. The fourth-order valence-corrected chi connectivity index (χ4v) is 4.95. The zero-order chi connectivity index (χ0) is 23.9. The lowest BCUT2D eigenvalue weighted by Gasteiger charge is -2.29. The summed E-state index contributed by atoms with van der Waals surface area (Å²) in [6, 6.07) is 20.6. The van der Waals surface area contributed by atoms with Crippen LogP contribution in [0, 0.1) is 0 Å². The highest BCUT2D eigenvalue weighted by Gasteiger charge is 2.32. The third-order valence-corrected chi connectivity index (χ3v) is 6.74. The Morgan fingerprint density at radius 2 is 1.86 bits per heavy atom. The molecule has 2 amide bonds. The van der Waals surface area contributed by atoms with E-state index in [2.05, 4.69) is 16.3 Å². The fraction of sp³-hybridized carbons (Fsp3) is 0.222. The van der Waals surface area contributed by atoms with Crippen molar-refractivity contribution in [2.24, 2.45) is 5.73 Å². The number of imidazole rings is 1. The standard InChI is InChI=1S/C27H25N5O3/c28-25(33)18-6-8-22-23(15-18)32-24(14-17-4-2-1-3-5-17)27(34)30-21-9-7-19(16-20(21)26(32)29-22)31-10-12-35-13-11-31/h1-9,15-16,24H,10-14H2,(H2,28,33)(H,30,34). The molecule has 1 atom stereocenters. The lowest BCUT2D eigenvalue weighted by Crippen LogP contribution is -2.36. The van der Waals surface area contributed by atoms with Crippen molar-refractivity contribution < 1.29 is 14.3 Å². The van der Waals surface area contributed by atoms with E-state index in [-0.39, 0.29) is 5.91 Å². The van der Waals surface area contributed by atoms with Crippen molar-refractivity contribution in [1.29, 1.82) is 0 Å². The second-order valence-corrected chi connectivity index (χ2v) is 8.90. The lowest BCUT2D eigenvalue weighted by atomic mass is 10.0. The summed E-state index contributed by atoms with van der Waals surface area (Å²) in [5.74, 6) is 0.0397. The summed E-state index contributed by atoms with van der Waals surface area (Å²) in [5, 5.41) is 3.12. The fourth-order valence-electron chi connectivity index (χ4n) is 4.95. The first-order valence-corrected chi connectivity index (χ1v) is 11.7. The second kappa shape index (κ2) is 8.56. The Hall–Kier alpha value is -4.17. The molecule has 1 aromatic heterocycles. The summed E-state index contributed by atoms with van der Waals surface area (Å²) in [5.41, 5.74) is 11.0. The number of carbonyl (C=O) groups excluding carboxylic acids is 2. The number of hydrogen-bond donors (Lipinski definition) is 2. The van der Waals surface area contributed by atoms with Gasteiger partial charge >= 0.3 is 0 Å². The maximum Gasteiger partial charge on any atom is 0.248 e. The Bertz CT molecular complexity index is 1440. The molecule has 0 aliphatic carbocycles. The monoisotopic (exact) mass is 467 g/mol. The number of ether oxygens (including phenoxy) is 1. The maximum atomic E-state index is 13.6. The number of carbonyl (C=O) groups is 2. The van der Waals surface area contributed by atoms with Crippen LogP contribution >= 0.6 is 0 Å². The van der Waals surface area contributed by atoms with E-state index >= 15 is 0 Å². The number of nitrogens with zero attached hydrogens (tertiary/aromatic N) is 3. The van der Waals surface area contributed by atoms with E-state index in [1.807, 2.05) is 47.0 Å². The first kappa shape index (κ1) is 21.4. The van der Waals surface area contributed by atoms with Gasteiger partial charge in [-0.1, -0.05) is 30.3 Å². The average Bonchev–Trinajstić information content (AvgIpc) is 3.22. The van der Waals surface area contributed by atoms with Gasteiger partial charge in [0.05, 0.1) is 29.9 Å². The highest BCUT2D eigenvalue weighted by atomic mass is 16.5. The van der Waals surface area contributed by atoms with Crippen LogP contribution in [-0.4, -0.2) is 47.7 Å². The quantitative estimate of drug-likeness (QED) is 0.479. The molecule has 0 saturated carbocycles. The molecule has 2 aliphatic heterocycles. The molecule has 8 heteroatoms. The molecule has 0 bridgehead atoms. The number of aromatic nitrogens is 2. The van der Waals surface area contributed by atoms with Crippen molar-refractivity contribution in [3.63, 3.8) is 0 Å². The van der Waals surface area contributed by atoms with Gasteiger partial charge in [-0.15, -0.1) is 0 Å². The molecule has 6 rings (SSSR count). The number of fused-ring (bicyclic) bond motifs is 5. The Kier molecular flexibility index (Phi) is 5.22. The molecule has 3 N–H and O–H groups in total. The number of nitrogens with one attached hydrogen (secondary N) is 1. The molecule has 0 radical (unpaired) electrons. The van der Waals surface area contributed by atoms with Crippen molar-refractivity contribution in [2.75, 3.05) is 36.5 Å². The molecular formula is C27H25N5O3. The van der Waals surface area contributed by atoms with Gasteiger partial charge in [0.25, 0.3) is 0 Å². The van der Waals surface area contributed by atoms with Gasteiger partial charge in [-0.2, -0.15) is 0 Å². The molecule has 176 valence electrons. The number of rotatable bonds is 4. The third kappa shape index (κ3) is 3.81. The minimum atomic E-state index is -0.556. The van der Waals surface area contributed by atoms with Crippen LogP contribution in [0.4, 0.5) is 11.4 Å². The van der Waals surface area contributed by atoms with Gasteiger partial charge in [0, 0.05) is 36.3 Å². The highest BCUT2D eigenvalue weighted by molar-refractivity contribution is 6.03. The van der Waals surface area contributed by atoms with Crippen molar-refractivity contribution in [3.8, 4) is 11.4 Å². The van der Waals surface area contributed by atoms with Gasteiger partial charge in [-0.05, 0) is 42.0 Å². The van der Waals surface area contributed by atoms with Gasteiger partial charge < -0.3 is 25.3 Å². The van der Waals surface area contributed by atoms with Crippen LogP contribution in [0.15, 0.2) is 66.7 Å². The zero-order valence-electron chi connectivity index (χ0n) is 19.1. The summed E-state index contributed by atoms with van der Waals surface area (Å²) < 4.78 is 7.47. The van der Waals surface area contributed by atoms with Gasteiger partial charge in [-0.3, -0.25) is 9.59 Å². The van der Waals surface area contributed by atoms with E-state index in [0.29, 0.717) is 47.7 Å². The van der Waals surface area contributed by atoms with Gasteiger partial charge in [0.1, 0.15) is 11.9 Å². The van der Waals surface area contributed by atoms with E-state index in [0.717, 1.165) is 29.9 Å². The number of nitrogens with two attached hydrogens (primary N) is 1. The average molecular weight is 468 g/mol. The number of anilines is 2. The minimum Gasteiger partial charge on any atom is -0.378 e. The van der Waals surface area contributed by atoms with Gasteiger partial charge in [0.15, 0.2) is 0 Å². The number of morpholine rings is 1. The van der Waals surface area contributed by atoms with Crippen LogP contribution in [0.1, 0.15) is 22.0 Å². The molecule has 0 spiro atoms. The molecular weight excluding hydrogens is 442 g/mol. The van der Waals surface area contributed by atoms with Crippen LogP contribution in [0.5, 0.6) is 0 Å². The summed E-state index contributed by atoms with van der Waals surface area (Å²) in [6.45, 7) is 2.98. The predicted octanol–water partition coefficient (Wildman–Crippen LogP) is 3.37. The summed E-state index contributed by atoms with van der Waals surface area (Å²) >= 11 is 0. The van der Waals surface area contributed by atoms with Crippen molar-refractivity contribution in [2.45, 2.75) is 12.5 Å². The third-order valence-electron chi connectivity index (χ3n) is 6.74. The Labute approximate surface area is 202 Å². The van der Waals surface area contributed by atoms with E-state index in [9.17, 15) is 9.59 Å². The van der Waals surface area contributed by atoms with E-state index in [1.165, 1.54) is 0 Å².